The van der Waals surface area contributed by atoms with Gasteiger partial charge in [0.2, 0.25) is 0 Å². The van der Waals surface area contributed by atoms with Gasteiger partial charge in [-0.2, -0.15) is 0 Å². The average Bonchev–Trinajstić information content (AvgIpc) is 2.84. The van der Waals surface area contributed by atoms with Crippen LogP contribution in [-0.4, -0.2) is 48.3 Å². The highest BCUT2D eigenvalue weighted by molar-refractivity contribution is 7.21. The fraction of sp³-hybridized carbons (Fsp3) is 0.400. The third-order valence-corrected chi connectivity index (χ3v) is 5.00. The second-order valence-corrected chi connectivity index (χ2v) is 6.01. The lowest BCUT2D eigenvalue weighted by molar-refractivity contribution is -0.0181. The quantitative estimate of drug-likeness (QED) is 0.921. The van der Waals surface area contributed by atoms with E-state index in [9.17, 15) is 9.90 Å². The molecular weight excluding hydrogens is 274 g/mol. The molecule has 0 radical (unpaired) electrons. The second kappa shape index (κ2) is 5.52. The molecule has 4 nitrogen and oxygen atoms in total. The summed E-state index contributed by atoms with van der Waals surface area (Å²) in [4.78, 5) is 15.2. The number of benzene rings is 1. The van der Waals surface area contributed by atoms with E-state index >= 15 is 0 Å². The summed E-state index contributed by atoms with van der Waals surface area (Å²) < 4.78 is 6.45. The first-order valence-corrected chi connectivity index (χ1v) is 7.51. The summed E-state index contributed by atoms with van der Waals surface area (Å²) >= 11 is 1.52. The van der Waals surface area contributed by atoms with Gasteiger partial charge in [0, 0.05) is 11.2 Å². The predicted molar refractivity (Wildman–Crippen MR) is 79.3 cm³/mol. The summed E-state index contributed by atoms with van der Waals surface area (Å²) in [5.74, 6) is 0.00560. The molecule has 3 rings (SSSR count). The molecule has 1 amide bonds. The Kier molecular flexibility index (Phi) is 3.74. The highest BCUT2D eigenvalue weighted by atomic mass is 32.1. The SMILES string of the molecule is Cc1c(C(=O)N2CCOCC2CO)sc2ccccc12. The highest BCUT2D eigenvalue weighted by Crippen LogP contribution is 2.32. The van der Waals surface area contributed by atoms with Gasteiger partial charge in [0.05, 0.1) is 30.7 Å². The Morgan fingerprint density at radius 3 is 3.05 bits per heavy atom. The smallest absolute Gasteiger partial charge is 0.264 e. The standard InChI is InChI=1S/C15H17NO3S/c1-10-12-4-2-3-5-13(12)20-14(10)15(18)16-6-7-19-9-11(16)8-17/h2-5,11,17H,6-9H2,1H3. The first-order valence-electron chi connectivity index (χ1n) is 6.70. The summed E-state index contributed by atoms with van der Waals surface area (Å²) in [7, 11) is 0. The molecule has 2 aromatic rings. The zero-order chi connectivity index (χ0) is 14.1. The van der Waals surface area contributed by atoms with Crippen LogP contribution in [0.1, 0.15) is 15.2 Å². The van der Waals surface area contributed by atoms with Gasteiger partial charge < -0.3 is 14.7 Å². The van der Waals surface area contributed by atoms with E-state index in [0.29, 0.717) is 19.8 Å². The number of aliphatic hydroxyl groups is 1. The molecule has 106 valence electrons. The number of rotatable bonds is 2. The number of thiophene rings is 1. The van der Waals surface area contributed by atoms with Crippen molar-refractivity contribution in [2.45, 2.75) is 13.0 Å². The molecule has 0 saturated carbocycles. The predicted octanol–water partition coefficient (Wildman–Crippen LogP) is 2.04. The van der Waals surface area contributed by atoms with Crippen molar-refractivity contribution in [3.63, 3.8) is 0 Å². The van der Waals surface area contributed by atoms with Crippen molar-refractivity contribution in [1.82, 2.24) is 4.90 Å². The van der Waals surface area contributed by atoms with Gasteiger partial charge in [-0.3, -0.25) is 4.79 Å². The third kappa shape index (κ3) is 2.22. The van der Waals surface area contributed by atoms with E-state index in [2.05, 4.69) is 0 Å². The van der Waals surface area contributed by atoms with Crippen LogP contribution in [0.3, 0.4) is 0 Å². The van der Waals surface area contributed by atoms with E-state index in [-0.39, 0.29) is 18.6 Å². The van der Waals surface area contributed by atoms with Gasteiger partial charge in [-0.25, -0.2) is 0 Å². The molecule has 0 aliphatic carbocycles. The molecule has 2 heterocycles. The summed E-state index contributed by atoms with van der Waals surface area (Å²) in [6.45, 7) is 3.41. The van der Waals surface area contributed by atoms with Crippen LogP contribution in [0.25, 0.3) is 10.1 Å². The number of carbonyl (C=O) groups excluding carboxylic acids is 1. The molecule has 0 spiro atoms. The zero-order valence-corrected chi connectivity index (χ0v) is 12.2. The second-order valence-electron chi connectivity index (χ2n) is 4.96. The van der Waals surface area contributed by atoms with Crippen molar-refractivity contribution in [1.29, 1.82) is 0 Å². The fourth-order valence-corrected chi connectivity index (χ4v) is 3.75. The number of aryl methyl sites for hydroxylation is 1. The van der Waals surface area contributed by atoms with Gasteiger partial charge in [-0.15, -0.1) is 11.3 Å². The molecule has 1 N–H and O–H groups in total. The summed E-state index contributed by atoms with van der Waals surface area (Å²) in [5.41, 5.74) is 1.03. The number of hydrogen-bond donors (Lipinski definition) is 1. The van der Waals surface area contributed by atoms with Crippen LogP contribution < -0.4 is 0 Å². The van der Waals surface area contributed by atoms with Crippen molar-refractivity contribution < 1.29 is 14.6 Å². The van der Waals surface area contributed by atoms with Gasteiger partial charge in [0.1, 0.15) is 0 Å². The molecule has 1 aliphatic heterocycles. The van der Waals surface area contributed by atoms with Gasteiger partial charge in [0.25, 0.3) is 5.91 Å². The molecule has 0 bridgehead atoms. The van der Waals surface area contributed by atoms with Crippen molar-refractivity contribution >= 4 is 27.3 Å². The Labute approximate surface area is 121 Å². The summed E-state index contributed by atoms with van der Waals surface area (Å²) in [5, 5.41) is 10.5. The number of hydrogen-bond acceptors (Lipinski definition) is 4. The van der Waals surface area contributed by atoms with Crippen molar-refractivity contribution in [3.05, 3.63) is 34.7 Å². The van der Waals surface area contributed by atoms with Crippen LogP contribution in [0.5, 0.6) is 0 Å². The Morgan fingerprint density at radius 1 is 1.50 bits per heavy atom. The molecule has 1 aliphatic rings. The lowest BCUT2D eigenvalue weighted by Gasteiger charge is -2.34. The van der Waals surface area contributed by atoms with Gasteiger partial charge >= 0.3 is 0 Å². The minimum atomic E-state index is -0.235. The largest absolute Gasteiger partial charge is 0.394 e. The van der Waals surface area contributed by atoms with E-state index in [1.807, 2.05) is 31.2 Å². The normalized spacial score (nSPS) is 19.5. The molecule has 1 unspecified atom stereocenters. The van der Waals surface area contributed by atoms with E-state index in [4.69, 9.17) is 4.74 Å². The third-order valence-electron chi connectivity index (χ3n) is 3.74. The molecule has 1 aromatic heterocycles. The van der Waals surface area contributed by atoms with E-state index < -0.39 is 0 Å². The molecule has 5 heteroatoms. The Hall–Kier alpha value is -1.43. The van der Waals surface area contributed by atoms with Crippen LogP contribution in [0.4, 0.5) is 0 Å². The number of morpholine rings is 1. The Morgan fingerprint density at radius 2 is 2.30 bits per heavy atom. The lowest BCUT2D eigenvalue weighted by Crippen LogP contribution is -2.50. The number of aliphatic hydroxyl groups excluding tert-OH is 1. The minimum Gasteiger partial charge on any atom is -0.394 e. The number of amides is 1. The molecule has 1 saturated heterocycles. The molecule has 1 atom stereocenters. The minimum absolute atomic E-state index is 0.00560. The van der Waals surface area contributed by atoms with E-state index in [1.54, 1.807) is 4.90 Å². The van der Waals surface area contributed by atoms with Gasteiger partial charge in [-0.05, 0) is 23.9 Å². The summed E-state index contributed by atoms with van der Waals surface area (Å²) in [6.07, 6.45) is 0. The van der Waals surface area contributed by atoms with Crippen molar-refractivity contribution in [2.75, 3.05) is 26.4 Å². The van der Waals surface area contributed by atoms with Crippen LogP contribution in [0.2, 0.25) is 0 Å². The number of fused-ring (bicyclic) bond motifs is 1. The van der Waals surface area contributed by atoms with Gasteiger partial charge in [0.15, 0.2) is 0 Å². The number of ether oxygens (including phenoxy) is 1. The van der Waals surface area contributed by atoms with Crippen molar-refractivity contribution in [2.24, 2.45) is 0 Å². The van der Waals surface area contributed by atoms with Crippen LogP contribution >= 0.6 is 11.3 Å². The summed E-state index contributed by atoms with van der Waals surface area (Å²) in [6, 6.07) is 7.81. The monoisotopic (exact) mass is 291 g/mol. The van der Waals surface area contributed by atoms with Crippen molar-refractivity contribution in [3.8, 4) is 0 Å². The number of carbonyl (C=O) groups is 1. The Bertz CT molecular complexity index is 637. The molecule has 1 fully saturated rings. The zero-order valence-electron chi connectivity index (χ0n) is 11.3. The van der Waals surface area contributed by atoms with Gasteiger partial charge in [-0.1, -0.05) is 18.2 Å². The average molecular weight is 291 g/mol. The van der Waals surface area contributed by atoms with E-state index in [0.717, 1.165) is 20.5 Å². The van der Waals surface area contributed by atoms with Crippen LogP contribution in [0.15, 0.2) is 24.3 Å². The maximum absolute atomic E-state index is 12.7. The molecule has 1 aromatic carbocycles. The first kappa shape index (κ1) is 13.5. The maximum atomic E-state index is 12.7. The van der Waals surface area contributed by atoms with Crippen LogP contribution in [-0.2, 0) is 4.74 Å². The topological polar surface area (TPSA) is 49.8 Å². The molecule has 20 heavy (non-hydrogen) atoms. The van der Waals surface area contributed by atoms with E-state index in [1.165, 1.54) is 11.3 Å². The highest BCUT2D eigenvalue weighted by Gasteiger charge is 2.29. The number of nitrogens with zero attached hydrogens (tertiary/aromatic N) is 1. The maximum Gasteiger partial charge on any atom is 0.264 e. The molecular formula is C15H17NO3S. The van der Waals surface area contributed by atoms with Crippen LogP contribution in [0, 0.1) is 6.92 Å². The lowest BCUT2D eigenvalue weighted by atomic mass is 10.1. The fourth-order valence-electron chi connectivity index (χ4n) is 2.58. The first-order chi connectivity index (χ1) is 9.72. The Balaban J connectivity index is 1.97.